The molecule has 1 fully saturated rings. The van der Waals surface area contributed by atoms with Gasteiger partial charge in [0.05, 0.1) is 13.2 Å². The first-order valence-corrected chi connectivity index (χ1v) is 8.85. The van der Waals surface area contributed by atoms with Crippen molar-refractivity contribution in [2.24, 2.45) is 10.7 Å². The molecule has 1 saturated carbocycles. The van der Waals surface area contributed by atoms with Crippen LogP contribution in [0, 0.1) is 0 Å². The van der Waals surface area contributed by atoms with Gasteiger partial charge >= 0.3 is 6.09 Å². The molecule has 8 heteroatoms. The Hall–Kier alpha value is -0.770. The fourth-order valence-electron chi connectivity index (χ4n) is 2.62. The van der Waals surface area contributed by atoms with Crippen molar-refractivity contribution in [1.29, 1.82) is 0 Å². The van der Waals surface area contributed by atoms with E-state index in [0.29, 0.717) is 38.2 Å². The number of guanidine groups is 1. The van der Waals surface area contributed by atoms with Crippen LogP contribution in [-0.4, -0.2) is 61.9 Å². The molecule has 25 heavy (non-hydrogen) atoms. The molecule has 0 heterocycles. The van der Waals surface area contributed by atoms with Crippen molar-refractivity contribution in [3.05, 3.63) is 0 Å². The summed E-state index contributed by atoms with van der Waals surface area (Å²) in [5, 5.41) is 3.27. The van der Waals surface area contributed by atoms with Gasteiger partial charge in [0.1, 0.15) is 5.60 Å². The van der Waals surface area contributed by atoms with Crippen LogP contribution in [0.2, 0.25) is 0 Å². The summed E-state index contributed by atoms with van der Waals surface area (Å²) in [6.07, 6.45) is 5.73. The third-order valence-electron chi connectivity index (χ3n) is 3.83. The monoisotopic (exact) mass is 470 g/mol. The van der Waals surface area contributed by atoms with Gasteiger partial charge in [-0.3, -0.25) is 4.99 Å². The smallest absolute Gasteiger partial charge is 0.410 e. The van der Waals surface area contributed by atoms with Gasteiger partial charge in [0.2, 0.25) is 0 Å². The van der Waals surface area contributed by atoms with Crippen LogP contribution >= 0.6 is 24.0 Å². The van der Waals surface area contributed by atoms with E-state index >= 15 is 0 Å². The maximum atomic E-state index is 12.2. The van der Waals surface area contributed by atoms with Crippen LogP contribution in [0.1, 0.15) is 52.9 Å². The molecule has 148 valence electrons. The number of aliphatic imine (C=N–C) groups is 1. The minimum absolute atomic E-state index is 0. The van der Waals surface area contributed by atoms with E-state index < -0.39 is 5.60 Å². The third-order valence-corrected chi connectivity index (χ3v) is 3.83. The second-order valence-electron chi connectivity index (χ2n) is 7.21. The minimum Gasteiger partial charge on any atom is -0.444 e. The molecule has 0 unspecified atom stereocenters. The fraction of sp³-hybridized carbons (Fsp3) is 0.882. The zero-order chi connectivity index (χ0) is 18.0. The second-order valence-corrected chi connectivity index (χ2v) is 7.21. The molecule has 0 aromatic carbocycles. The van der Waals surface area contributed by atoms with Gasteiger partial charge < -0.3 is 25.4 Å². The number of methoxy groups -OCH3 is 1. The molecule has 0 bridgehead atoms. The van der Waals surface area contributed by atoms with Crippen molar-refractivity contribution in [1.82, 2.24) is 10.2 Å². The van der Waals surface area contributed by atoms with Crippen LogP contribution in [-0.2, 0) is 9.47 Å². The Labute approximate surface area is 169 Å². The van der Waals surface area contributed by atoms with Crippen molar-refractivity contribution in [3.63, 3.8) is 0 Å². The lowest BCUT2D eigenvalue weighted by atomic mass is 9.96. The number of hydrogen-bond acceptors (Lipinski definition) is 4. The van der Waals surface area contributed by atoms with Gasteiger partial charge in [0.15, 0.2) is 5.96 Å². The normalized spacial score (nSPS) is 16.1. The fourth-order valence-corrected chi connectivity index (χ4v) is 2.62. The molecule has 1 rings (SSSR count). The average molecular weight is 470 g/mol. The van der Waals surface area contributed by atoms with Crippen molar-refractivity contribution in [3.8, 4) is 0 Å². The van der Waals surface area contributed by atoms with Gasteiger partial charge in [-0.05, 0) is 33.6 Å². The highest BCUT2D eigenvalue weighted by Crippen LogP contribution is 2.17. The van der Waals surface area contributed by atoms with Gasteiger partial charge in [-0.25, -0.2) is 4.79 Å². The third kappa shape index (κ3) is 11.5. The molecule has 0 atom stereocenters. The average Bonchev–Trinajstić information content (AvgIpc) is 2.49. The molecule has 1 aliphatic rings. The molecule has 0 aromatic heterocycles. The Kier molecular flexibility index (Phi) is 12.2. The van der Waals surface area contributed by atoms with Gasteiger partial charge in [-0.15, -0.1) is 24.0 Å². The number of nitrogens with one attached hydrogen (secondary N) is 1. The molecule has 0 aromatic rings. The van der Waals surface area contributed by atoms with E-state index in [1.165, 1.54) is 19.3 Å². The van der Waals surface area contributed by atoms with E-state index in [9.17, 15) is 4.79 Å². The molecule has 0 spiro atoms. The number of carbonyl (C=O) groups excluding carboxylic acids is 1. The SMILES string of the molecule is COCCN(CCN=C(N)NC1CCCCC1)C(=O)OC(C)(C)C.I. The summed E-state index contributed by atoms with van der Waals surface area (Å²) in [4.78, 5) is 18.2. The van der Waals surface area contributed by atoms with Crippen molar-refractivity contribution in [2.75, 3.05) is 33.4 Å². The second kappa shape index (κ2) is 12.6. The number of hydrogen-bond donors (Lipinski definition) is 2. The summed E-state index contributed by atoms with van der Waals surface area (Å²) in [5.41, 5.74) is 5.43. The summed E-state index contributed by atoms with van der Waals surface area (Å²) in [5.74, 6) is 0.456. The molecule has 7 nitrogen and oxygen atoms in total. The lowest BCUT2D eigenvalue weighted by Crippen LogP contribution is -2.42. The standard InChI is InChI=1S/C17H34N4O3.HI/c1-17(2,3)24-16(22)21(12-13-23-4)11-10-19-15(18)20-14-8-6-5-7-9-14;/h14H,5-13H2,1-4H3,(H3,18,19,20);1H. The zero-order valence-electron chi connectivity index (χ0n) is 16.0. The Balaban J connectivity index is 0.00000576. The Morgan fingerprint density at radius 3 is 2.44 bits per heavy atom. The van der Waals surface area contributed by atoms with E-state index in [4.69, 9.17) is 15.2 Å². The lowest BCUT2D eigenvalue weighted by molar-refractivity contribution is 0.0208. The molecule has 3 N–H and O–H groups in total. The summed E-state index contributed by atoms with van der Waals surface area (Å²) >= 11 is 0. The Morgan fingerprint density at radius 2 is 1.88 bits per heavy atom. The van der Waals surface area contributed by atoms with E-state index in [1.807, 2.05) is 20.8 Å². The Morgan fingerprint density at radius 1 is 1.24 bits per heavy atom. The predicted octanol–water partition coefficient (Wildman–Crippen LogP) is 2.72. The largest absolute Gasteiger partial charge is 0.444 e. The van der Waals surface area contributed by atoms with Gasteiger partial charge in [0.25, 0.3) is 0 Å². The number of ether oxygens (including phenoxy) is 2. The highest BCUT2D eigenvalue weighted by atomic mass is 127. The van der Waals surface area contributed by atoms with Crippen LogP contribution < -0.4 is 11.1 Å². The first-order valence-electron chi connectivity index (χ1n) is 8.85. The van der Waals surface area contributed by atoms with Crippen LogP contribution in [0.5, 0.6) is 0 Å². The zero-order valence-corrected chi connectivity index (χ0v) is 18.4. The molecule has 1 amide bonds. The van der Waals surface area contributed by atoms with Crippen molar-refractivity contribution >= 4 is 36.0 Å². The summed E-state index contributed by atoms with van der Waals surface area (Å²) in [7, 11) is 1.61. The quantitative estimate of drug-likeness (QED) is 0.339. The van der Waals surface area contributed by atoms with E-state index in [2.05, 4.69) is 10.3 Å². The Bertz CT molecular complexity index is 407. The van der Waals surface area contributed by atoms with Crippen molar-refractivity contribution < 1.29 is 14.3 Å². The van der Waals surface area contributed by atoms with E-state index in [1.54, 1.807) is 12.0 Å². The topological polar surface area (TPSA) is 89.2 Å². The summed E-state index contributed by atoms with van der Waals surface area (Å²) in [6.45, 7) is 7.37. The molecule has 1 aliphatic carbocycles. The highest BCUT2D eigenvalue weighted by Gasteiger charge is 2.21. The number of halogens is 1. The van der Waals surface area contributed by atoms with E-state index in [-0.39, 0.29) is 30.1 Å². The summed E-state index contributed by atoms with van der Waals surface area (Å²) in [6, 6.07) is 0.429. The minimum atomic E-state index is -0.521. The number of nitrogens with zero attached hydrogens (tertiary/aromatic N) is 2. The number of carbonyl (C=O) groups is 1. The van der Waals surface area contributed by atoms with Gasteiger partial charge in [-0.2, -0.15) is 0 Å². The lowest BCUT2D eigenvalue weighted by Gasteiger charge is -2.27. The molecular formula is C17H35IN4O3. The number of rotatable bonds is 7. The molecule has 0 saturated heterocycles. The van der Waals surface area contributed by atoms with Crippen LogP contribution in [0.15, 0.2) is 4.99 Å². The number of amides is 1. The van der Waals surface area contributed by atoms with Crippen LogP contribution in [0.25, 0.3) is 0 Å². The molecule has 0 radical (unpaired) electrons. The predicted molar refractivity (Wildman–Crippen MR) is 112 cm³/mol. The van der Waals surface area contributed by atoms with Gasteiger partial charge in [0, 0.05) is 26.2 Å². The highest BCUT2D eigenvalue weighted by molar-refractivity contribution is 14.0. The first kappa shape index (κ1) is 24.2. The van der Waals surface area contributed by atoms with Crippen LogP contribution in [0.4, 0.5) is 4.79 Å². The molecular weight excluding hydrogens is 435 g/mol. The number of nitrogens with two attached hydrogens (primary N) is 1. The maximum Gasteiger partial charge on any atom is 0.410 e. The van der Waals surface area contributed by atoms with Crippen LogP contribution in [0.3, 0.4) is 0 Å². The molecule has 0 aliphatic heterocycles. The van der Waals surface area contributed by atoms with Gasteiger partial charge in [-0.1, -0.05) is 19.3 Å². The summed E-state index contributed by atoms with van der Waals surface area (Å²) < 4.78 is 10.5. The first-order chi connectivity index (χ1) is 11.3. The van der Waals surface area contributed by atoms with E-state index in [0.717, 1.165) is 12.8 Å². The maximum absolute atomic E-state index is 12.2. The van der Waals surface area contributed by atoms with Crippen molar-refractivity contribution in [2.45, 2.75) is 64.5 Å².